The molecule has 0 saturated carbocycles. The van der Waals surface area contributed by atoms with Crippen molar-refractivity contribution in [1.82, 2.24) is 9.88 Å². The van der Waals surface area contributed by atoms with Gasteiger partial charge in [0, 0.05) is 10.9 Å². The van der Waals surface area contributed by atoms with Gasteiger partial charge < -0.3 is 15.0 Å². The molecule has 2 aromatic rings. The largest absolute Gasteiger partial charge is 0.494 e. The summed E-state index contributed by atoms with van der Waals surface area (Å²) in [5, 5.41) is 5.19. The molecule has 25 heavy (non-hydrogen) atoms. The Kier molecular flexibility index (Phi) is 5.93. The lowest BCUT2D eigenvalue weighted by Gasteiger charge is -2.13. The first kappa shape index (κ1) is 17.8. The van der Waals surface area contributed by atoms with E-state index in [0.29, 0.717) is 23.4 Å². The molecule has 2 amide bonds. The van der Waals surface area contributed by atoms with Crippen LogP contribution in [0.3, 0.4) is 0 Å². The number of amides is 2. The Balaban J connectivity index is 1.58. The van der Waals surface area contributed by atoms with E-state index in [-0.39, 0.29) is 18.4 Å². The lowest BCUT2D eigenvalue weighted by Crippen LogP contribution is -2.34. The van der Waals surface area contributed by atoms with Gasteiger partial charge in [0.1, 0.15) is 12.3 Å². The first-order valence-corrected chi connectivity index (χ1v) is 10.0. The number of hydrogen-bond acceptors (Lipinski definition) is 6. The Morgan fingerprint density at radius 1 is 1.36 bits per heavy atom. The number of nitrogens with zero attached hydrogens (tertiary/aromatic N) is 2. The summed E-state index contributed by atoms with van der Waals surface area (Å²) in [6.07, 6.45) is 0.971. The van der Waals surface area contributed by atoms with Crippen molar-refractivity contribution < 1.29 is 14.3 Å². The van der Waals surface area contributed by atoms with Crippen molar-refractivity contribution in [2.75, 3.05) is 30.1 Å². The molecule has 6 nitrogen and oxygen atoms in total. The molecule has 1 aromatic heterocycles. The number of carbonyl (C=O) groups excluding carboxylic acids is 2. The molecule has 0 atom stereocenters. The minimum absolute atomic E-state index is 0.00496. The number of carbonyl (C=O) groups is 2. The number of benzene rings is 1. The number of hydrogen-bond donors (Lipinski definition) is 1. The number of thioether (sulfide) groups is 1. The summed E-state index contributed by atoms with van der Waals surface area (Å²) in [6.45, 7) is 2.84. The summed E-state index contributed by atoms with van der Waals surface area (Å²) in [5.41, 5.74) is 1.77. The Labute approximate surface area is 154 Å². The Morgan fingerprint density at radius 3 is 2.84 bits per heavy atom. The molecular weight excluding hydrogens is 358 g/mol. The molecule has 0 aliphatic carbocycles. The predicted octanol–water partition coefficient (Wildman–Crippen LogP) is 3.07. The van der Waals surface area contributed by atoms with Gasteiger partial charge in [-0.2, -0.15) is 0 Å². The maximum atomic E-state index is 12.0. The standard InChI is InChI=1S/C17H19N3O3S2/c1-2-7-23-13-5-3-12(4-6-13)14-9-25-17(18-14)19-15(21)8-20-11-24-10-16(20)22/h3-6,9H,2,7-8,10-11H2,1H3,(H,18,19,21). The summed E-state index contributed by atoms with van der Waals surface area (Å²) < 4.78 is 5.57. The van der Waals surface area contributed by atoms with Crippen LogP contribution in [0.2, 0.25) is 0 Å². The zero-order valence-corrected chi connectivity index (χ0v) is 15.5. The molecule has 0 spiro atoms. The monoisotopic (exact) mass is 377 g/mol. The van der Waals surface area contributed by atoms with Gasteiger partial charge in [0.25, 0.3) is 0 Å². The van der Waals surface area contributed by atoms with Crippen molar-refractivity contribution in [2.45, 2.75) is 13.3 Å². The van der Waals surface area contributed by atoms with Crippen LogP contribution in [0.5, 0.6) is 5.75 Å². The van der Waals surface area contributed by atoms with Gasteiger partial charge in [-0.3, -0.25) is 9.59 Å². The number of thiazole rings is 1. The van der Waals surface area contributed by atoms with Gasteiger partial charge in [-0.05, 0) is 30.7 Å². The van der Waals surface area contributed by atoms with Crippen LogP contribution in [-0.2, 0) is 9.59 Å². The number of rotatable bonds is 7. The van der Waals surface area contributed by atoms with Crippen LogP contribution in [-0.4, -0.2) is 46.5 Å². The highest BCUT2D eigenvalue weighted by molar-refractivity contribution is 8.00. The molecule has 1 N–H and O–H groups in total. The van der Waals surface area contributed by atoms with Gasteiger partial charge in [-0.25, -0.2) is 4.98 Å². The second kappa shape index (κ2) is 8.35. The van der Waals surface area contributed by atoms with Crippen LogP contribution in [0.25, 0.3) is 11.3 Å². The van der Waals surface area contributed by atoms with Gasteiger partial charge in [0.05, 0.1) is 23.9 Å². The third-order valence-electron chi connectivity index (χ3n) is 3.53. The maximum Gasteiger partial charge on any atom is 0.245 e. The van der Waals surface area contributed by atoms with E-state index in [4.69, 9.17) is 4.74 Å². The lowest BCUT2D eigenvalue weighted by molar-refractivity contribution is -0.130. The van der Waals surface area contributed by atoms with Crippen LogP contribution in [0, 0.1) is 0 Å². The van der Waals surface area contributed by atoms with Crippen LogP contribution < -0.4 is 10.1 Å². The summed E-state index contributed by atoms with van der Waals surface area (Å²) >= 11 is 2.89. The number of nitrogens with one attached hydrogen (secondary N) is 1. The number of ether oxygens (including phenoxy) is 1. The fraction of sp³-hybridized carbons (Fsp3) is 0.353. The van der Waals surface area contributed by atoms with Gasteiger partial charge in [-0.15, -0.1) is 23.1 Å². The Hall–Kier alpha value is -2.06. The molecule has 3 rings (SSSR count). The van der Waals surface area contributed by atoms with E-state index in [9.17, 15) is 9.59 Å². The second-order valence-electron chi connectivity index (χ2n) is 5.53. The average Bonchev–Trinajstić information content (AvgIpc) is 3.23. The second-order valence-corrected chi connectivity index (χ2v) is 7.34. The van der Waals surface area contributed by atoms with E-state index in [0.717, 1.165) is 23.4 Å². The summed E-state index contributed by atoms with van der Waals surface area (Å²) in [7, 11) is 0. The molecule has 1 aromatic carbocycles. The minimum atomic E-state index is -0.222. The van der Waals surface area contributed by atoms with Gasteiger partial charge >= 0.3 is 0 Å². The van der Waals surface area contributed by atoms with E-state index in [1.807, 2.05) is 29.6 Å². The quantitative estimate of drug-likeness (QED) is 0.803. The Bertz CT molecular complexity index is 746. The summed E-state index contributed by atoms with van der Waals surface area (Å²) in [4.78, 5) is 29.6. The molecule has 1 fully saturated rings. The normalized spacial score (nSPS) is 14.0. The molecular formula is C17H19N3O3S2. The topological polar surface area (TPSA) is 71.5 Å². The van der Waals surface area contributed by atoms with E-state index in [2.05, 4.69) is 17.2 Å². The van der Waals surface area contributed by atoms with Crippen molar-refractivity contribution in [3.8, 4) is 17.0 Å². The molecule has 0 bridgehead atoms. The first-order valence-electron chi connectivity index (χ1n) is 8.00. The first-order chi connectivity index (χ1) is 12.2. The fourth-order valence-electron chi connectivity index (χ4n) is 2.28. The van der Waals surface area contributed by atoms with Gasteiger partial charge in [0.2, 0.25) is 11.8 Å². The molecule has 1 aliphatic rings. The zero-order chi connectivity index (χ0) is 17.6. The SMILES string of the molecule is CCCOc1ccc(-c2csc(NC(=O)CN3CSCC3=O)n2)cc1. The molecule has 8 heteroatoms. The van der Waals surface area contributed by atoms with E-state index >= 15 is 0 Å². The molecule has 1 aliphatic heterocycles. The molecule has 2 heterocycles. The number of anilines is 1. The molecule has 1 saturated heterocycles. The maximum absolute atomic E-state index is 12.0. The third kappa shape index (κ3) is 4.73. The van der Waals surface area contributed by atoms with Crippen molar-refractivity contribution in [3.63, 3.8) is 0 Å². The van der Waals surface area contributed by atoms with Crippen LogP contribution in [0.4, 0.5) is 5.13 Å². The van der Waals surface area contributed by atoms with E-state index in [1.165, 1.54) is 23.1 Å². The third-order valence-corrected chi connectivity index (χ3v) is 5.24. The van der Waals surface area contributed by atoms with Crippen molar-refractivity contribution in [2.24, 2.45) is 0 Å². The zero-order valence-electron chi connectivity index (χ0n) is 13.9. The Morgan fingerprint density at radius 2 is 2.16 bits per heavy atom. The van der Waals surface area contributed by atoms with E-state index in [1.54, 1.807) is 4.90 Å². The minimum Gasteiger partial charge on any atom is -0.494 e. The van der Waals surface area contributed by atoms with Crippen molar-refractivity contribution >= 4 is 40.0 Å². The van der Waals surface area contributed by atoms with Gasteiger partial charge in [-0.1, -0.05) is 6.92 Å². The summed E-state index contributed by atoms with van der Waals surface area (Å²) in [6, 6.07) is 7.73. The number of aromatic nitrogens is 1. The fourth-order valence-corrected chi connectivity index (χ4v) is 3.92. The lowest BCUT2D eigenvalue weighted by atomic mass is 10.2. The molecule has 0 radical (unpaired) electrons. The predicted molar refractivity (Wildman–Crippen MR) is 101 cm³/mol. The highest BCUT2D eigenvalue weighted by atomic mass is 32.2. The van der Waals surface area contributed by atoms with Crippen molar-refractivity contribution in [3.05, 3.63) is 29.6 Å². The van der Waals surface area contributed by atoms with Crippen LogP contribution in [0.1, 0.15) is 13.3 Å². The molecule has 132 valence electrons. The highest BCUT2D eigenvalue weighted by Gasteiger charge is 2.23. The average molecular weight is 377 g/mol. The van der Waals surface area contributed by atoms with Crippen LogP contribution >= 0.6 is 23.1 Å². The van der Waals surface area contributed by atoms with Crippen LogP contribution in [0.15, 0.2) is 29.6 Å². The highest BCUT2D eigenvalue weighted by Crippen LogP contribution is 2.26. The smallest absolute Gasteiger partial charge is 0.245 e. The summed E-state index contributed by atoms with van der Waals surface area (Å²) in [5.74, 6) is 1.64. The molecule has 0 unspecified atom stereocenters. The van der Waals surface area contributed by atoms with E-state index < -0.39 is 0 Å². The van der Waals surface area contributed by atoms with Crippen molar-refractivity contribution in [1.29, 1.82) is 0 Å². The van der Waals surface area contributed by atoms with Gasteiger partial charge in [0.15, 0.2) is 5.13 Å².